The summed E-state index contributed by atoms with van der Waals surface area (Å²) in [6.07, 6.45) is 8.14. The Morgan fingerprint density at radius 1 is 1.26 bits per heavy atom. The van der Waals surface area contributed by atoms with Crippen LogP contribution in [0.15, 0.2) is 12.5 Å². The van der Waals surface area contributed by atoms with E-state index in [-0.39, 0.29) is 18.7 Å². The maximum Gasteiger partial charge on any atom is 0.326 e. The number of hydrogen-bond donors (Lipinski definition) is 6. The number of nitrogens with one attached hydrogen (secondary N) is 3. The van der Waals surface area contributed by atoms with Crippen LogP contribution in [0.4, 0.5) is 0 Å². The van der Waals surface area contributed by atoms with Crippen molar-refractivity contribution in [3.8, 4) is 0 Å². The predicted molar refractivity (Wildman–Crippen MR) is 132 cm³/mol. The zero-order valence-corrected chi connectivity index (χ0v) is 20.9. The number of nitrogens with two attached hydrogens (primary N) is 2. The van der Waals surface area contributed by atoms with Crippen LogP contribution < -0.4 is 22.1 Å². The summed E-state index contributed by atoms with van der Waals surface area (Å²) in [5, 5.41) is 14.8. The maximum atomic E-state index is 13.1. The fourth-order valence-electron chi connectivity index (χ4n) is 4.03. The van der Waals surface area contributed by atoms with E-state index in [1.165, 1.54) is 23.0 Å². The van der Waals surface area contributed by atoms with Crippen molar-refractivity contribution < 1.29 is 24.3 Å². The molecule has 1 aliphatic heterocycles. The Hall–Kier alpha value is -2.64. The van der Waals surface area contributed by atoms with Gasteiger partial charge in [0, 0.05) is 24.9 Å². The Balaban J connectivity index is 2.03. The highest BCUT2D eigenvalue weighted by Gasteiger charge is 2.38. The molecule has 1 aromatic rings. The molecule has 4 unspecified atom stereocenters. The van der Waals surface area contributed by atoms with Crippen molar-refractivity contribution in [3.05, 3.63) is 18.2 Å². The zero-order chi connectivity index (χ0) is 25.8. The van der Waals surface area contributed by atoms with Gasteiger partial charge in [-0.25, -0.2) is 9.78 Å². The summed E-state index contributed by atoms with van der Waals surface area (Å²) in [6, 6.07) is -3.54. The highest BCUT2D eigenvalue weighted by molar-refractivity contribution is 7.98. The minimum absolute atomic E-state index is 0.251. The van der Waals surface area contributed by atoms with Crippen LogP contribution in [0.3, 0.4) is 0 Å². The molecule has 0 spiro atoms. The van der Waals surface area contributed by atoms with Crippen molar-refractivity contribution in [2.45, 2.75) is 69.1 Å². The number of aliphatic carboxylic acids is 1. The van der Waals surface area contributed by atoms with Crippen molar-refractivity contribution in [1.82, 2.24) is 25.5 Å². The SMILES string of the molecule is CSCCC(NC(=O)C1CCCN1C(=O)C(N)Cc1cnc[nH]1)C(=O)NC(CCCCN)C(=O)O. The van der Waals surface area contributed by atoms with Gasteiger partial charge in [-0.15, -0.1) is 0 Å². The van der Waals surface area contributed by atoms with Crippen LogP contribution >= 0.6 is 11.8 Å². The topological polar surface area (TPSA) is 197 Å². The van der Waals surface area contributed by atoms with Crippen molar-refractivity contribution in [2.75, 3.05) is 25.1 Å². The third-order valence-electron chi connectivity index (χ3n) is 5.96. The second kappa shape index (κ2) is 14.7. The lowest BCUT2D eigenvalue weighted by atomic mass is 10.1. The molecular formula is C22H37N7O5S. The Morgan fingerprint density at radius 3 is 2.66 bits per heavy atom. The second-order valence-corrected chi connectivity index (χ2v) is 9.59. The molecule has 3 amide bonds. The molecule has 1 aromatic heterocycles. The molecule has 0 aromatic carbocycles. The molecular weight excluding hydrogens is 474 g/mol. The predicted octanol–water partition coefficient (Wildman–Crippen LogP) is -0.793. The summed E-state index contributed by atoms with van der Waals surface area (Å²) < 4.78 is 0. The number of carbonyl (C=O) groups excluding carboxylic acids is 3. The van der Waals surface area contributed by atoms with Crippen molar-refractivity contribution in [1.29, 1.82) is 0 Å². The lowest BCUT2D eigenvalue weighted by Gasteiger charge is -2.28. The van der Waals surface area contributed by atoms with E-state index < -0.39 is 42.0 Å². The van der Waals surface area contributed by atoms with Gasteiger partial charge < -0.3 is 37.1 Å². The molecule has 0 radical (unpaired) electrons. The molecule has 8 N–H and O–H groups in total. The molecule has 0 bridgehead atoms. The van der Waals surface area contributed by atoms with E-state index in [4.69, 9.17) is 11.5 Å². The third kappa shape index (κ3) is 8.82. The van der Waals surface area contributed by atoms with Gasteiger partial charge in [0.2, 0.25) is 17.7 Å². The van der Waals surface area contributed by atoms with E-state index in [0.29, 0.717) is 50.9 Å². The number of carboxylic acid groups (broad SMARTS) is 1. The van der Waals surface area contributed by atoms with Gasteiger partial charge >= 0.3 is 5.97 Å². The number of aromatic amines is 1. The number of unbranched alkanes of at least 4 members (excludes halogenated alkanes) is 1. The largest absolute Gasteiger partial charge is 0.480 e. The second-order valence-electron chi connectivity index (χ2n) is 8.60. The normalized spacial score (nSPS) is 18.0. The van der Waals surface area contributed by atoms with Crippen molar-refractivity contribution in [3.63, 3.8) is 0 Å². The molecule has 0 aliphatic carbocycles. The minimum atomic E-state index is -1.14. The molecule has 12 nitrogen and oxygen atoms in total. The summed E-state index contributed by atoms with van der Waals surface area (Å²) in [5.41, 5.74) is 12.3. The minimum Gasteiger partial charge on any atom is -0.480 e. The zero-order valence-electron chi connectivity index (χ0n) is 20.1. The monoisotopic (exact) mass is 511 g/mol. The molecule has 2 heterocycles. The molecule has 0 saturated carbocycles. The van der Waals surface area contributed by atoms with Gasteiger partial charge in [0.1, 0.15) is 18.1 Å². The standard InChI is InChI=1S/C22H37N7O5S/c1-35-10-7-16(19(30)28-17(22(33)34)5-2-3-8-23)27-20(31)18-6-4-9-29(18)21(32)15(24)11-14-12-25-13-26-14/h12-13,15-18H,2-11,23-24H2,1H3,(H,25,26)(H,27,31)(H,28,30)(H,33,34). The number of likely N-dealkylation sites (tertiary alicyclic amines) is 1. The molecule has 1 saturated heterocycles. The first-order chi connectivity index (χ1) is 16.8. The van der Waals surface area contributed by atoms with Gasteiger partial charge in [-0.2, -0.15) is 11.8 Å². The molecule has 1 fully saturated rings. The number of carboxylic acids is 1. The van der Waals surface area contributed by atoms with Crippen LogP contribution in [-0.2, 0) is 25.6 Å². The van der Waals surface area contributed by atoms with E-state index >= 15 is 0 Å². The highest BCUT2D eigenvalue weighted by Crippen LogP contribution is 2.19. The van der Waals surface area contributed by atoms with Crippen LogP contribution in [0.1, 0.15) is 44.2 Å². The van der Waals surface area contributed by atoms with Gasteiger partial charge in [-0.05, 0) is 57.1 Å². The number of amides is 3. The van der Waals surface area contributed by atoms with Gasteiger partial charge in [0.25, 0.3) is 0 Å². The van der Waals surface area contributed by atoms with E-state index in [0.717, 1.165) is 5.69 Å². The van der Waals surface area contributed by atoms with Gasteiger partial charge in [0.15, 0.2) is 0 Å². The van der Waals surface area contributed by atoms with Crippen LogP contribution in [0.5, 0.6) is 0 Å². The average molecular weight is 512 g/mol. The Morgan fingerprint density at radius 2 is 2.03 bits per heavy atom. The van der Waals surface area contributed by atoms with Gasteiger partial charge in [-0.1, -0.05) is 0 Å². The molecule has 196 valence electrons. The number of nitrogens with zero attached hydrogens (tertiary/aromatic N) is 2. The lowest BCUT2D eigenvalue weighted by Crippen LogP contribution is -2.56. The Bertz CT molecular complexity index is 838. The van der Waals surface area contributed by atoms with Crippen LogP contribution in [-0.4, -0.2) is 92.9 Å². The third-order valence-corrected chi connectivity index (χ3v) is 6.60. The summed E-state index contributed by atoms with van der Waals surface area (Å²) in [4.78, 5) is 58.9. The van der Waals surface area contributed by atoms with Crippen LogP contribution in [0.25, 0.3) is 0 Å². The Labute approximate surface area is 209 Å². The van der Waals surface area contributed by atoms with Gasteiger partial charge in [0.05, 0.1) is 12.4 Å². The number of H-pyrrole nitrogens is 1. The molecule has 1 aliphatic rings. The quantitative estimate of drug-likeness (QED) is 0.163. The smallest absolute Gasteiger partial charge is 0.326 e. The first kappa shape index (κ1) is 28.6. The molecule has 35 heavy (non-hydrogen) atoms. The molecule has 4 atom stereocenters. The first-order valence-corrected chi connectivity index (χ1v) is 13.2. The fourth-order valence-corrected chi connectivity index (χ4v) is 4.50. The fraction of sp³-hybridized carbons (Fsp3) is 0.682. The number of thioether (sulfide) groups is 1. The summed E-state index contributed by atoms with van der Waals surface area (Å²) in [6.45, 7) is 0.840. The maximum absolute atomic E-state index is 13.1. The molecule has 2 rings (SSSR count). The van der Waals surface area contributed by atoms with E-state index in [1.807, 2.05) is 6.26 Å². The highest BCUT2D eigenvalue weighted by atomic mass is 32.2. The summed E-state index contributed by atoms with van der Waals surface area (Å²) in [7, 11) is 0. The number of rotatable bonds is 15. The van der Waals surface area contributed by atoms with Crippen molar-refractivity contribution >= 4 is 35.5 Å². The summed E-state index contributed by atoms with van der Waals surface area (Å²) in [5.74, 6) is -1.89. The lowest BCUT2D eigenvalue weighted by molar-refractivity contribution is -0.143. The van der Waals surface area contributed by atoms with Crippen LogP contribution in [0, 0.1) is 0 Å². The van der Waals surface area contributed by atoms with Crippen LogP contribution in [0.2, 0.25) is 0 Å². The van der Waals surface area contributed by atoms with Gasteiger partial charge in [-0.3, -0.25) is 14.4 Å². The Kier molecular flexibility index (Phi) is 12.0. The number of imidazole rings is 1. The van der Waals surface area contributed by atoms with E-state index in [9.17, 15) is 24.3 Å². The van der Waals surface area contributed by atoms with Crippen molar-refractivity contribution in [2.24, 2.45) is 11.5 Å². The first-order valence-electron chi connectivity index (χ1n) is 11.8. The summed E-state index contributed by atoms with van der Waals surface area (Å²) >= 11 is 1.51. The molecule has 13 heteroatoms. The number of aromatic nitrogens is 2. The van der Waals surface area contributed by atoms with E-state index in [2.05, 4.69) is 20.6 Å². The number of carbonyl (C=O) groups is 4. The van der Waals surface area contributed by atoms with E-state index in [1.54, 1.807) is 6.20 Å². The number of hydrogen-bond acceptors (Lipinski definition) is 8. The average Bonchev–Trinajstić information content (AvgIpc) is 3.52.